The third-order valence-electron chi connectivity index (χ3n) is 1.86. The van der Waals surface area contributed by atoms with Gasteiger partial charge in [0.2, 0.25) is 0 Å². The summed E-state index contributed by atoms with van der Waals surface area (Å²) in [5.74, 6) is 0. The van der Waals surface area contributed by atoms with Gasteiger partial charge in [-0.1, -0.05) is 0 Å². The monoisotopic (exact) mass is 300 g/mol. The minimum absolute atomic E-state index is 0. The van der Waals surface area contributed by atoms with Crippen molar-refractivity contribution in [3.8, 4) is 0 Å². The van der Waals surface area contributed by atoms with Gasteiger partial charge in [0.05, 0.1) is 0 Å². The molecule has 2 aliphatic rings. The third-order valence-corrected chi connectivity index (χ3v) is 5.27. The Labute approximate surface area is 95.5 Å². The molecular formula is C10H11BrZr. The zero-order valence-corrected chi connectivity index (χ0v) is 11.0. The van der Waals surface area contributed by atoms with Gasteiger partial charge < -0.3 is 0 Å². The number of rotatable bonds is 2. The molecule has 0 aliphatic heterocycles. The zero-order chi connectivity index (χ0) is 7.52. The molecule has 0 radical (unpaired) electrons. The Bertz CT molecular complexity index is 244. The van der Waals surface area contributed by atoms with Crippen LogP contribution >= 0.6 is 17.0 Å². The van der Waals surface area contributed by atoms with Gasteiger partial charge in [0, 0.05) is 0 Å². The normalized spacial score (nSPS) is 18.7. The van der Waals surface area contributed by atoms with Crippen molar-refractivity contribution in [2.45, 2.75) is 12.8 Å². The van der Waals surface area contributed by atoms with E-state index in [2.05, 4.69) is 36.5 Å². The van der Waals surface area contributed by atoms with Gasteiger partial charge in [-0.2, -0.15) is 0 Å². The molecule has 62 valence electrons. The molecule has 0 atom stereocenters. The quantitative estimate of drug-likeness (QED) is 0.734. The predicted octanol–water partition coefficient (Wildman–Crippen LogP) is 3.33. The number of hydrogen-bond donors (Lipinski definition) is 0. The van der Waals surface area contributed by atoms with E-state index in [1.807, 2.05) is 0 Å². The summed E-state index contributed by atoms with van der Waals surface area (Å²) in [6.45, 7) is 0. The van der Waals surface area contributed by atoms with E-state index in [4.69, 9.17) is 0 Å². The summed E-state index contributed by atoms with van der Waals surface area (Å²) in [5, 5.41) is 0. The van der Waals surface area contributed by atoms with Crippen LogP contribution in [0.1, 0.15) is 12.8 Å². The molecule has 0 saturated carbocycles. The van der Waals surface area contributed by atoms with Crippen LogP contribution in [-0.4, -0.2) is 0 Å². The topological polar surface area (TPSA) is 0 Å². The molecule has 0 saturated heterocycles. The number of allylic oxidation sites excluding steroid dienone is 8. The average Bonchev–Trinajstić information content (AvgIpc) is 2.60. The summed E-state index contributed by atoms with van der Waals surface area (Å²) in [4.78, 5) is 0. The molecule has 0 amide bonds. The van der Waals surface area contributed by atoms with Crippen LogP contribution in [0.5, 0.6) is 0 Å². The van der Waals surface area contributed by atoms with E-state index in [0.717, 1.165) is 0 Å². The summed E-state index contributed by atoms with van der Waals surface area (Å²) in [7, 11) is 0. The summed E-state index contributed by atoms with van der Waals surface area (Å²) >= 11 is -0.312. The van der Waals surface area contributed by atoms with Crippen LogP contribution in [0.4, 0.5) is 0 Å². The Morgan fingerprint density at radius 2 is 1.42 bits per heavy atom. The molecule has 0 unspecified atom stereocenters. The van der Waals surface area contributed by atoms with Gasteiger partial charge in [-0.25, -0.2) is 0 Å². The molecule has 0 bridgehead atoms. The Hall–Kier alpha value is 0.323. The van der Waals surface area contributed by atoms with Gasteiger partial charge in [0.25, 0.3) is 0 Å². The SMILES string of the molecule is Br.C1=CC[C]([Zr][C]2=CC=CC2)=C1. The Morgan fingerprint density at radius 3 is 1.75 bits per heavy atom. The summed E-state index contributed by atoms with van der Waals surface area (Å²) in [6.07, 6.45) is 16.0. The van der Waals surface area contributed by atoms with E-state index >= 15 is 0 Å². The van der Waals surface area contributed by atoms with Gasteiger partial charge in [0.15, 0.2) is 0 Å². The molecule has 0 N–H and O–H groups in total. The van der Waals surface area contributed by atoms with Crippen LogP contribution < -0.4 is 0 Å². The molecule has 12 heavy (non-hydrogen) atoms. The fourth-order valence-corrected chi connectivity index (χ4v) is 4.26. The second kappa shape index (κ2) is 5.14. The van der Waals surface area contributed by atoms with E-state index < -0.39 is 0 Å². The van der Waals surface area contributed by atoms with Crippen LogP contribution in [0.3, 0.4) is 0 Å². The Balaban J connectivity index is 0.000000720. The van der Waals surface area contributed by atoms with Gasteiger partial charge in [0.1, 0.15) is 0 Å². The molecule has 0 heterocycles. The number of hydrogen-bond acceptors (Lipinski definition) is 0. The van der Waals surface area contributed by atoms with E-state index in [1.54, 1.807) is 6.56 Å². The summed E-state index contributed by atoms with van der Waals surface area (Å²) in [6, 6.07) is 0. The molecule has 2 heteroatoms. The molecule has 0 aromatic heterocycles. The van der Waals surface area contributed by atoms with Crippen molar-refractivity contribution in [3.05, 3.63) is 43.0 Å². The molecule has 0 aromatic rings. The van der Waals surface area contributed by atoms with Crippen molar-refractivity contribution in [3.63, 3.8) is 0 Å². The molecule has 0 nitrogen and oxygen atoms in total. The van der Waals surface area contributed by atoms with Crippen molar-refractivity contribution in [1.82, 2.24) is 0 Å². The van der Waals surface area contributed by atoms with Crippen molar-refractivity contribution in [2.75, 3.05) is 0 Å². The second-order valence-corrected chi connectivity index (χ2v) is 6.55. The molecule has 2 rings (SSSR count). The van der Waals surface area contributed by atoms with Gasteiger partial charge in [-0.05, 0) is 0 Å². The van der Waals surface area contributed by atoms with E-state index in [9.17, 15) is 0 Å². The van der Waals surface area contributed by atoms with Crippen molar-refractivity contribution < 1.29 is 23.2 Å². The average molecular weight is 302 g/mol. The fraction of sp³-hybridized carbons (Fsp3) is 0.200. The summed E-state index contributed by atoms with van der Waals surface area (Å²) in [5.41, 5.74) is 0. The Morgan fingerprint density at radius 1 is 0.917 bits per heavy atom. The minimum atomic E-state index is -0.312. The molecule has 2 aliphatic carbocycles. The molecule has 0 spiro atoms. The molecule has 0 aromatic carbocycles. The van der Waals surface area contributed by atoms with Gasteiger partial charge >= 0.3 is 79.1 Å². The van der Waals surface area contributed by atoms with Gasteiger partial charge in [-0.3, -0.25) is 0 Å². The van der Waals surface area contributed by atoms with E-state index in [1.165, 1.54) is 12.8 Å². The van der Waals surface area contributed by atoms with Crippen molar-refractivity contribution >= 4 is 17.0 Å². The number of halogens is 1. The molecular weight excluding hydrogens is 291 g/mol. The fourth-order valence-electron chi connectivity index (χ4n) is 1.29. The maximum absolute atomic E-state index is 2.31. The standard InChI is InChI=1S/2C5H5.BrH.Zr/c2*1-2-4-5-3-1;;/h2*1-3H,4H2;1H;. The van der Waals surface area contributed by atoms with Crippen molar-refractivity contribution in [1.29, 1.82) is 0 Å². The first-order valence-electron chi connectivity index (χ1n) is 3.93. The van der Waals surface area contributed by atoms with Crippen LogP contribution in [0.2, 0.25) is 0 Å². The van der Waals surface area contributed by atoms with E-state index in [0.29, 0.717) is 0 Å². The van der Waals surface area contributed by atoms with Gasteiger partial charge in [-0.15, -0.1) is 17.0 Å². The molecule has 0 fully saturated rings. The predicted molar refractivity (Wildman–Crippen MR) is 54.0 cm³/mol. The first-order valence-corrected chi connectivity index (χ1v) is 6.39. The van der Waals surface area contributed by atoms with Crippen LogP contribution in [0, 0.1) is 0 Å². The Kier molecular flexibility index (Phi) is 4.46. The second-order valence-electron chi connectivity index (χ2n) is 2.77. The van der Waals surface area contributed by atoms with E-state index in [-0.39, 0.29) is 40.2 Å². The van der Waals surface area contributed by atoms with Crippen LogP contribution in [0.15, 0.2) is 43.0 Å². The summed E-state index contributed by atoms with van der Waals surface area (Å²) < 4.78 is 3.45. The first kappa shape index (κ1) is 10.4. The zero-order valence-electron chi connectivity index (χ0n) is 6.79. The van der Waals surface area contributed by atoms with Crippen molar-refractivity contribution in [2.24, 2.45) is 0 Å². The maximum atomic E-state index is 2.31. The third kappa shape index (κ3) is 2.67. The first-order chi connectivity index (χ1) is 5.45. The van der Waals surface area contributed by atoms with Crippen LogP contribution in [-0.2, 0) is 23.2 Å². The van der Waals surface area contributed by atoms with Crippen LogP contribution in [0.25, 0.3) is 0 Å².